The molecule has 25 heavy (non-hydrogen) atoms. The van der Waals surface area contributed by atoms with Crippen LogP contribution in [0.5, 0.6) is 11.5 Å². The van der Waals surface area contributed by atoms with E-state index in [-0.39, 0.29) is 5.91 Å². The first-order valence-electron chi connectivity index (χ1n) is 7.37. The van der Waals surface area contributed by atoms with Crippen molar-refractivity contribution in [2.24, 2.45) is 4.99 Å². The van der Waals surface area contributed by atoms with Crippen LogP contribution in [0.15, 0.2) is 56.8 Å². The molecule has 1 N–H and O–H groups in total. The van der Waals surface area contributed by atoms with Gasteiger partial charge in [-0.05, 0) is 48.2 Å². The van der Waals surface area contributed by atoms with Gasteiger partial charge < -0.3 is 14.8 Å². The minimum Gasteiger partial charge on any atom is -0.493 e. The van der Waals surface area contributed by atoms with Gasteiger partial charge in [-0.25, -0.2) is 4.99 Å². The van der Waals surface area contributed by atoms with E-state index in [2.05, 4.69) is 26.2 Å². The first-order chi connectivity index (χ1) is 12.1. The van der Waals surface area contributed by atoms with E-state index in [0.717, 1.165) is 15.7 Å². The molecular weight excluding hydrogens is 404 g/mol. The molecule has 3 rings (SSSR count). The molecule has 1 heterocycles. The van der Waals surface area contributed by atoms with Crippen molar-refractivity contribution in [3.8, 4) is 11.5 Å². The number of carbonyl (C=O) groups excluding carboxylic acids is 1. The lowest BCUT2D eigenvalue weighted by molar-refractivity contribution is -0.115. The molecule has 1 aliphatic rings. The first-order valence-corrected chi connectivity index (χ1v) is 8.98. The quantitative estimate of drug-likeness (QED) is 0.749. The number of ether oxygens (including phenoxy) is 2. The van der Waals surface area contributed by atoms with Gasteiger partial charge in [0, 0.05) is 10.0 Å². The minimum absolute atomic E-state index is 0.189. The van der Waals surface area contributed by atoms with Crippen LogP contribution in [0.25, 0.3) is 6.08 Å². The molecule has 128 valence electrons. The number of amides is 1. The van der Waals surface area contributed by atoms with Gasteiger partial charge >= 0.3 is 0 Å². The molecule has 0 saturated carbocycles. The largest absolute Gasteiger partial charge is 0.493 e. The lowest BCUT2D eigenvalue weighted by Gasteiger charge is -2.10. The van der Waals surface area contributed by atoms with Crippen molar-refractivity contribution in [1.82, 2.24) is 5.32 Å². The summed E-state index contributed by atoms with van der Waals surface area (Å²) in [7, 11) is 3.15. The molecular formula is C18H15BrN2O3S. The summed E-state index contributed by atoms with van der Waals surface area (Å²) in [6, 6.07) is 13.1. The fraction of sp³-hybridized carbons (Fsp3) is 0.111. The van der Waals surface area contributed by atoms with Crippen molar-refractivity contribution in [3.05, 3.63) is 57.4 Å². The van der Waals surface area contributed by atoms with Crippen molar-refractivity contribution >= 4 is 50.5 Å². The van der Waals surface area contributed by atoms with Gasteiger partial charge in [0.1, 0.15) is 0 Å². The molecule has 0 aromatic heterocycles. The average molecular weight is 419 g/mol. The number of carbonyl (C=O) groups is 1. The van der Waals surface area contributed by atoms with Crippen molar-refractivity contribution in [2.45, 2.75) is 0 Å². The highest BCUT2D eigenvalue weighted by atomic mass is 79.9. The monoisotopic (exact) mass is 418 g/mol. The summed E-state index contributed by atoms with van der Waals surface area (Å²) in [6.07, 6.45) is 1.77. The summed E-state index contributed by atoms with van der Waals surface area (Å²) in [5.41, 5.74) is 1.54. The molecule has 0 spiro atoms. The third kappa shape index (κ3) is 4.05. The van der Waals surface area contributed by atoms with Gasteiger partial charge in [0.25, 0.3) is 5.91 Å². The SMILES string of the molecule is COc1cccc(C=C2SC(=Nc3ccc(Br)cc3)NC2=O)c1OC. The lowest BCUT2D eigenvalue weighted by atomic mass is 10.1. The van der Waals surface area contributed by atoms with Crippen LogP contribution in [0.2, 0.25) is 0 Å². The molecule has 0 bridgehead atoms. The molecule has 5 nitrogen and oxygen atoms in total. The van der Waals surface area contributed by atoms with Gasteiger partial charge in [0.15, 0.2) is 16.7 Å². The third-order valence-electron chi connectivity index (χ3n) is 3.43. The summed E-state index contributed by atoms with van der Waals surface area (Å²) < 4.78 is 11.7. The van der Waals surface area contributed by atoms with Crippen LogP contribution in [-0.4, -0.2) is 25.3 Å². The maximum Gasteiger partial charge on any atom is 0.264 e. The van der Waals surface area contributed by atoms with Gasteiger partial charge in [-0.3, -0.25) is 4.79 Å². The van der Waals surface area contributed by atoms with Crippen LogP contribution in [-0.2, 0) is 4.79 Å². The highest BCUT2D eigenvalue weighted by Gasteiger charge is 2.24. The van der Waals surface area contributed by atoms with Crippen molar-refractivity contribution in [2.75, 3.05) is 14.2 Å². The van der Waals surface area contributed by atoms with Crippen molar-refractivity contribution in [3.63, 3.8) is 0 Å². The number of aliphatic imine (C=N–C) groups is 1. The zero-order valence-electron chi connectivity index (χ0n) is 13.6. The van der Waals surface area contributed by atoms with E-state index in [4.69, 9.17) is 9.47 Å². The normalized spacial score (nSPS) is 17.0. The summed E-state index contributed by atoms with van der Waals surface area (Å²) in [4.78, 5) is 17.2. The number of hydrogen-bond donors (Lipinski definition) is 1. The molecule has 1 fully saturated rings. The Morgan fingerprint density at radius 2 is 1.88 bits per heavy atom. The highest BCUT2D eigenvalue weighted by Crippen LogP contribution is 2.35. The molecule has 2 aromatic carbocycles. The predicted molar refractivity (Wildman–Crippen MR) is 104 cm³/mol. The number of amidine groups is 1. The number of rotatable bonds is 4. The van der Waals surface area contributed by atoms with Crippen LogP contribution >= 0.6 is 27.7 Å². The maximum absolute atomic E-state index is 12.2. The zero-order chi connectivity index (χ0) is 17.8. The van der Waals surface area contributed by atoms with Gasteiger partial charge in [0.2, 0.25) is 0 Å². The Hall–Kier alpha value is -2.25. The average Bonchev–Trinajstić information content (AvgIpc) is 2.95. The number of nitrogens with zero attached hydrogens (tertiary/aromatic N) is 1. The zero-order valence-corrected chi connectivity index (χ0v) is 16.0. The second-order valence-corrected chi connectivity index (χ2v) is 6.99. The molecule has 2 aromatic rings. The first kappa shape index (κ1) is 17.6. The van der Waals surface area contributed by atoms with Crippen LogP contribution in [0, 0.1) is 0 Å². The molecule has 1 amide bonds. The van der Waals surface area contributed by atoms with Crippen LogP contribution < -0.4 is 14.8 Å². The van der Waals surface area contributed by atoms with Crippen molar-refractivity contribution < 1.29 is 14.3 Å². The van der Waals surface area contributed by atoms with Gasteiger partial charge in [-0.1, -0.05) is 28.1 Å². The fourth-order valence-corrected chi connectivity index (χ4v) is 3.38. The Labute approximate surface area is 158 Å². The van der Waals surface area contributed by atoms with Crippen molar-refractivity contribution in [1.29, 1.82) is 0 Å². The second kappa shape index (κ2) is 7.76. The van der Waals surface area contributed by atoms with E-state index in [1.807, 2.05) is 42.5 Å². The lowest BCUT2D eigenvalue weighted by Crippen LogP contribution is -2.19. The topological polar surface area (TPSA) is 59.9 Å². The van der Waals surface area contributed by atoms with E-state index in [1.54, 1.807) is 20.3 Å². The second-order valence-electron chi connectivity index (χ2n) is 5.04. The minimum atomic E-state index is -0.189. The molecule has 1 aliphatic heterocycles. The number of benzene rings is 2. The summed E-state index contributed by atoms with van der Waals surface area (Å²) in [5, 5.41) is 3.32. The summed E-state index contributed by atoms with van der Waals surface area (Å²) in [6.45, 7) is 0. The number of para-hydroxylation sites is 1. The Morgan fingerprint density at radius 1 is 1.12 bits per heavy atom. The number of nitrogens with one attached hydrogen (secondary N) is 1. The Balaban J connectivity index is 1.88. The molecule has 0 atom stereocenters. The maximum atomic E-state index is 12.2. The molecule has 0 unspecified atom stereocenters. The van der Waals surface area contributed by atoms with Crippen LogP contribution in [0.4, 0.5) is 5.69 Å². The van der Waals surface area contributed by atoms with E-state index in [0.29, 0.717) is 21.6 Å². The smallest absolute Gasteiger partial charge is 0.264 e. The van der Waals surface area contributed by atoms with E-state index in [9.17, 15) is 4.79 Å². The third-order valence-corrected chi connectivity index (χ3v) is 4.87. The van der Waals surface area contributed by atoms with Crippen LogP contribution in [0.1, 0.15) is 5.56 Å². The Kier molecular flexibility index (Phi) is 5.45. The van der Waals surface area contributed by atoms with E-state index < -0.39 is 0 Å². The standard InChI is InChI=1S/C18H15BrN2O3S/c1-23-14-5-3-4-11(16(14)24-2)10-15-17(22)21-18(25-15)20-13-8-6-12(19)7-9-13/h3-10H,1-2H3,(H,20,21,22). The summed E-state index contributed by atoms with van der Waals surface area (Å²) in [5.74, 6) is 1.01. The fourth-order valence-electron chi connectivity index (χ4n) is 2.28. The number of thioether (sulfide) groups is 1. The summed E-state index contributed by atoms with van der Waals surface area (Å²) >= 11 is 4.67. The Morgan fingerprint density at radius 3 is 2.56 bits per heavy atom. The number of hydrogen-bond acceptors (Lipinski definition) is 5. The molecule has 0 aliphatic carbocycles. The van der Waals surface area contributed by atoms with Gasteiger partial charge in [0.05, 0.1) is 24.8 Å². The number of methoxy groups -OCH3 is 2. The van der Waals surface area contributed by atoms with Crippen LogP contribution in [0.3, 0.4) is 0 Å². The van der Waals surface area contributed by atoms with E-state index >= 15 is 0 Å². The highest BCUT2D eigenvalue weighted by molar-refractivity contribution is 9.10. The molecule has 7 heteroatoms. The van der Waals surface area contributed by atoms with Gasteiger partial charge in [-0.2, -0.15) is 0 Å². The molecule has 0 radical (unpaired) electrons. The van der Waals surface area contributed by atoms with Gasteiger partial charge in [-0.15, -0.1) is 0 Å². The molecule has 1 saturated heterocycles. The van der Waals surface area contributed by atoms with E-state index in [1.165, 1.54) is 11.8 Å². The number of halogens is 1. The Bertz CT molecular complexity index is 863. The predicted octanol–water partition coefficient (Wildman–Crippen LogP) is 4.36.